The molecule has 1 aliphatic rings. The monoisotopic (exact) mass is 309 g/mol. The summed E-state index contributed by atoms with van der Waals surface area (Å²) in [6.07, 6.45) is 3.64. The van der Waals surface area contributed by atoms with Gasteiger partial charge in [-0.05, 0) is 32.2 Å². The van der Waals surface area contributed by atoms with E-state index in [9.17, 15) is 9.90 Å². The van der Waals surface area contributed by atoms with Gasteiger partial charge in [0.1, 0.15) is 5.03 Å². The summed E-state index contributed by atoms with van der Waals surface area (Å²) in [6.45, 7) is 7.23. The van der Waals surface area contributed by atoms with E-state index in [1.807, 2.05) is 31.1 Å². The molecule has 0 saturated carbocycles. The van der Waals surface area contributed by atoms with Gasteiger partial charge in [0, 0.05) is 38.9 Å². The fraction of sp³-hybridized carbons (Fsp3) is 0.600. The molecule has 1 saturated heterocycles. The molecule has 2 rings (SSSR count). The summed E-state index contributed by atoms with van der Waals surface area (Å²) in [4.78, 5) is 20.9. The van der Waals surface area contributed by atoms with Crippen molar-refractivity contribution in [3.63, 3.8) is 0 Å². The molecular weight excluding hydrogens is 286 g/mol. The molecule has 1 amide bonds. The molecule has 5 nitrogen and oxygen atoms in total. The third-order valence-corrected chi connectivity index (χ3v) is 4.18. The Balaban J connectivity index is 1.97. The standard InChI is InChI=1S/C15H23N3O2S/c1-15(2,20)11-17-7-9-18(10-8-17)14(19)12-5-4-6-16-13(12)21-3/h4-6,20H,7-11H2,1-3H3. The number of piperazine rings is 1. The normalized spacial score (nSPS) is 17.0. The van der Waals surface area contributed by atoms with Gasteiger partial charge < -0.3 is 10.0 Å². The van der Waals surface area contributed by atoms with Gasteiger partial charge in [0.15, 0.2) is 0 Å². The lowest BCUT2D eigenvalue weighted by molar-refractivity contribution is 0.0177. The van der Waals surface area contributed by atoms with Crippen LogP contribution in [0.5, 0.6) is 0 Å². The smallest absolute Gasteiger partial charge is 0.256 e. The van der Waals surface area contributed by atoms with Crippen molar-refractivity contribution < 1.29 is 9.90 Å². The Morgan fingerprint density at radius 2 is 2.05 bits per heavy atom. The van der Waals surface area contributed by atoms with Crippen LogP contribution in [0.15, 0.2) is 23.4 Å². The highest BCUT2D eigenvalue weighted by molar-refractivity contribution is 7.98. The number of β-amino-alcohol motifs (C(OH)–C–C–N with tert-alkyl or cyclic N) is 1. The number of thioether (sulfide) groups is 1. The quantitative estimate of drug-likeness (QED) is 0.851. The van der Waals surface area contributed by atoms with E-state index in [1.54, 1.807) is 12.3 Å². The number of nitrogens with zero attached hydrogens (tertiary/aromatic N) is 3. The number of aromatic nitrogens is 1. The van der Waals surface area contributed by atoms with Crippen molar-refractivity contribution in [3.05, 3.63) is 23.9 Å². The molecule has 1 aromatic heterocycles. The fourth-order valence-corrected chi connectivity index (χ4v) is 3.08. The van der Waals surface area contributed by atoms with E-state index < -0.39 is 5.60 Å². The number of pyridine rings is 1. The minimum atomic E-state index is -0.693. The Hall–Kier alpha value is -1.11. The van der Waals surface area contributed by atoms with Gasteiger partial charge in [-0.25, -0.2) is 4.98 Å². The molecule has 21 heavy (non-hydrogen) atoms. The van der Waals surface area contributed by atoms with E-state index in [4.69, 9.17) is 0 Å². The fourth-order valence-electron chi connectivity index (χ4n) is 2.54. The molecule has 0 bridgehead atoms. The number of hydrogen-bond acceptors (Lipinski definition) is 5. The largest absolute Gasteiger partial charge is 0.389 e. The minimum Gasteiger partial charge on any atom is -0.389 e. The second-order valence-corrected chi connectivity index (χ2v) is 6.74. The number of hydrogen-bond donors (Lipinski definition) is 1. The van der Waals surface area contributed by atoms with Crippen molar-refractivity contribution in [2.75, 3.05) is 39.0 Å². The highest BCUT2D eigenvalue weighted by Crippen LogP contribution is 2.19. The number of carbonyl (C=O) groups excluding carboxylic acids is 1. The first-order valence-corrected chi connectivity index (χ1v) is 8.36. The molecule has 0 atom stereocenters. The van der Waals surface area contributed by atoms with Gasteiger partial charge in [0.25, 0.3) is 5.91 Å². The predicted octanol–water partition coefficient (Wildman–Crippen LogP) is 1.33. The van der Waals surface area contributed by atoms with Gasteiger partial charge in [-0.1, -0.05) is 0 Å². The summed E-state index contributed by atoms with van der Waals surface area (Å²) in [5.41, 5.74) is -0.0115. The first-order chi connectivity index (χ1) is 9.90. The van der Waals surface area contributed by atoms with Crippen molar-refractivity contribution in [3.8, 4) is 0 Å². The van der Waals surface area contributed by atoms with Crippen molar-refractivity contribution >= 4 is 17.7 Å². The van der Waals surface area contributed by atoms with Crippen LogP contribution >= 0.6 is 11.8 Å². The van der Waals surface area contributed by atoms with Crippen LogP contribution in [-0.4, -0.2) is 70.4 Å². The third-order valence-electron chi connectivity index (χ3n) is 3.46. The summed E-state index contributed by atoms with van der Waals surface area (Å²) in [6, 6.07) is 3.64. The second kappa shape index (κ2) is 6.77. The zero-order valence-electron chi connectivity index (χ0n) is 12.9. The van der Waals surface area contributed by atoms with Gasteiger partial charge in [-0.3, -0.25) is 9.69 Å². The zero-order valence-corrected chi connectivity index (χ0v) is 13.7. The van der Waals surface area contributed by atoms with Gasteiger partial charge in [-0.15, -0.1) is 11.8 Å². The summed E-state index contributed by atoms with van der Waals surface area (Å²) < 4.78 is 0. The minimum absolute atomic E-state index is 0.0513. The molecule has 1 fully saturated rings. The van der Waals surface area contributed by atoms with E-state index >= 15 is 0 Å². The summed E-state index contributed by atoms with van der Waals surface area (Å²) >= 11 is 1.49. The first kappa shape index (κ1) is 16.3. The van der Waals surface area contributed by atoms with Crippen LogP contribution in [0.2, 0.25) is 0 Å². The Labute approximate surface area is 130 Å². The van der Waals surface area contributed by atoms with Crippen LogP contribution in [0.25, 0.3) is 0 Å². The molecule has 116 valence electrons. The number of aliphatic hydroxyl groups is 1. The van der Waals surface area contributed by atoms with Crippen LogP contribution in [0.4, 0.5) is 0 Å². The molecule has 0 spiro atoms. The van der Waals surface area contributed by atoms with Crippen molar-refractivity contribution in [1.29, 1.82) is 0 Å². The predicted molar refractivity (Wildman–Crippen MR) is 84.7 cm³/mol. The number of amides is 1. The first-order valence-electron chi connectivity index (χ1n) is 7.14. The number of carbonyl (C=O) groups is 1. The molecule has 1 N–H and O–H groups in total. The molecule has 2 heterocycles. The van der Waals surface area contributed by atoms with Crippen molar-refractivity contribution in [2.24, 2.45) is 0 Å². The molecule has 0 aromatic carbocycles. The number of rotatable bonds is 4. The Bertz CT molecular complexity index is 494. The van der Waals surface area contributed by atoms with Crippen LogP contribution in [0.3, 0.4) is 0 Å². The maximum absolute atomic E-state index is 12.6. The Kier molecular flexibility index (Phi) is 5.24. The summed E-state index contributed by atoms with van der Waals surface area (Å²) in [7, 11) is 0. The highest BCUT2D eigenvalue weighted by atomic mass is 32.2. The SMILES string of the molecule is CSc1ncccc1C(=O)N1CCN(CC(C)(C)O)CC1. The molecule has 6 heteroatoms. The van der Waals surface area contributed by atoms with E-state index in [1.165, 1.54) is 11.8 Å². The Morgan fingerprint density at radius 1 is 1.38 bits per heavy atom. The second-order valence-electron chi connectivity index (χ2n) is 5.94. The lowest BCUT2D eigenvalue weighted by atomic mass is 10.1. The van der Waals surface area contributed by atoms with Gasteiger partial charge >= 0.3 is 0 Å². The Morgan fingerprint density at radius 3 is 2.62 bits per heavy atom. The maximum Gasteiger partial charge on any atom is 0.256 e. The maximum atomic E-state index is 12.6. The third kappa shape index (κ3) is 4.43. The van der Waals surface area contributed by atoms with Crippen LogP contribution < -0.4 is 0 Å². The molecule has 0 radical (unpaired) electrons. The molecule has 0 unspecified atom stereocenters. The average molecular weight is 309 g/mol. The highest BCUT2D eigenvalue weighted by Gasteiger charge is 2.26. The molecule has 0 aliphatic carbocycles. The molecule has 1 aliphatic heterocycles. The zero-order chi connectivity index (χ0) is 15.5. The van der Waals surface area contributed by atoms with E-state index in [0.29, 0.717) is 25.2 Å². The van der Waals surface area contributed by atoms with Crippen LogP contribution in [0, 0.1) is 0 Å². The van der Waals surface area contributed by atoms with Gasteiger partial charge in [-0.2, -0.15) is 0 Å². The summed E-state index contributed by atoms with van der Waals surface area (Å²) in [5, 5.41) is 10.6. The molecular formula is C15H23N3O2S. The van der Waals surface area contributed by atoms with Crippen molar-refractivity contribution in [1.82, 2.24) is 14.8 Å². The molecule has 1 aromatic rings. The lowest BCUT2D eigenvalue weighted by Crippen LogP contribution is -2.52. The van der Waals surface area contributed by atoms with E-state index in [2.05, 4.69) is 9.88 Å². The van der Waals surface area contributed by atoms with E-state index in [0.717, 1.165) is 18.1 Å². The van der Waals surface area contributed by atoms with Crippen LogP contribution in [0.1, 0.15) is 24.2 Å². The van der Waals surface area contributed by atoms with Crippen LogP contribution in [-0.2, 0) is 0 Å². The lowest BCUT2D eigenvalue weighted by Gasteiger charge is -2.37. The topological polar surface area (TPSA) is 56.7 Å². The van der Waals surface area contributed by atoms with E-state index in [-0.39, 0.29) is 5.91 Å². The van der Waals surface area contributed by atoms with Gasteiger partial charge in [0.05, 0.1) is 11.2 Å². The summed E-state index contributed by atoms with van der Waals surface area (Å²) in [5.74, 6) is 0.0513. The van der Waals surface area contributed by atoms with Crippen molar-refractivity contribution in [2.45, 2.75) is 24.5 Å². The average Bonchev–Trinajstić information content (AvgIpc) is 2.45. The van der Waals surface area contributed by atoms with Gasteiger partial charge in [0.2, 0.25) is 0 Å².